The van der Waals surface area contributed by atoms with Gasteiger partial charge in [0.15, 0.2) is 0 Å². The number of benzene rings is 3. The first-order valence-electron chi connectivity index (χ1n) is 11.0. The number of hydrogen-bond donors (Lipinski definition) is 2. The van der Waals surface area contributed by atoms with Gasteiger partial charge in [-0.1, -0.05) is 35.5 Å². The summed E-state index contributed by atoms with van der Waals surface area (Å²) < 4.78 is 25.8. The van der Waals surface area contributed by atoms with Crippen molar-refractivity contribution in [3.8, 4) is 28.7 Å². The Bertz CT molecular complexity index is 1500. The molecule has 0 radical (unpaired) electrons. The lowest BCUT2D eigenvalue weighted by Crippen LogP contribution is -2.19. The lowest BCUT2D eigenvalue weighted by Gasteiger charge is -2.09. The predicted molar refractivity (Wildman–Crippen MR) is 132 cm³/mol. The van der Waals surface area contributed by atoms with Gasteiger partial charge < -0.3 is 24.5 Å². The fourth-order valence-electron chi connectivity index (χ4n) is 3.53. The van der Waals surface area contributed by atoms with Gasteiger partial charge in [-0.25, -0.2) is 14.2 Å². The summed E-state index contributed by atoms with van der Waals surface area (Å²) in [6.07, 6.45) is 3.45. The molecule has 2 N–H and O–H groups in total. The normalized spacial score (nSPS) is 10.7. The summed E-state index contributed by atoms with van der Waals surface area (Å²) >= 11 is 0. The van der Waals surface area contributed by atoms with Gasteiger partial charge in [-0.3, -0.25) is 0 Å². The van der Waals surface area contributed by atoms with Crippen LogP contribution in [0, 0.1) is 5.82 Å². The van der Waals surface area contributed by atoms with Gasteiger partial charge in [0.1, 0.15) is 17.3 Å². The Hall–Kier alpha value is -4.99. The van der Waals surface area contributed by atoms with E-state index >= 15 is 0 Å². The van der Waals surface area contributed by atoms with E-state index in [4.69, 9.17) is 9.26 Å². The second-order valence-corrected chi connectivity index (χ2v) is 7.87. The van der Waals surface area contributed by atoms with E-state index in [1.807, 2.05) is 28.8 Å². The van der Waals surface area contributed by atoms with Crippen LogP contribution in [-0.4, -0.2) is 32.8 Å². The van der Waals surface area contributed by atoms with Gasteiger partial charge in [-0.2, -0.15) is 4.98 Å². The van der Waals surface area contributed by atoms with Crippen LogP contribution in [0.1, 0.15) is 5.56 Å². The molecule has 5 rings (SSSR count). The van der Waals surface area contributed by atoms with E-state index in [0.717, 1.165) is 5.56 Å². The number of nitrogens with one attached hydrogen (secondary N) is 2. The van der Waals surface area contributed by atoms with Gasteiger partial charge in [0.25, 0.3) is 5.89 Å². The summed E-state index contributed by atoms with van der Waals surface area (Å²) in [5, 5.41) is 9.49. The Balaban J connectivity index is 1.19. The Labute approximate surface area is 205 Å². The van der Waals surface area contributed by atoms with Crippen LogP contribution in [0.15, 0.2) is 89.8 Å². The molecule has 2 aromatic heterocycles. The third-order valence-corrected chi connectivity index (χ3v) is 5.27. The van der Waals surface area contributed by atoms with Crippen molar-refractivity contribution in [3.63, 3.8) is 0 Å². The molecule has 0 aliphatic carbocycles. The number of rotatable bonds is 7. The minimum atomic E-state index is -0.373. The molecule has 2 heterocycles. The molecule has 0 atom stereocenters. The molecule has 0 saturated heterocycles. The molecule has 5 aromatic rings. The van der Waals surface area contributed by atoms with Crippen LogP contribution in [0.5, 0.6) is 5.75 Å². The molecule has 0 aliphatic heterocycles. The smallest absolute Gasteiger partial charge is 0.323 e. The number of ether oxygens (including phenoxy) is 1. The van der Waals surface area contributed by atoms with Crippen molar-refractivity contribution in [2.45, 2.75) is 6.54 Å². The SMILES string of the molecule is COc1cccc(NC(=O)Nc2ccc(Cn3cnc(-c4nc(-c5cccc(F)c5)no4)c3)cc2)c1. The van der Waals surface area contributed by atoms with Crippen molar-refractivity contribution in [2.24, 2.45) is 0 Å². The zero-order valence-corrected chi connectivity index (χ0v) is 19.2. The summed E-state index contributed by atoms with van der Waals surface area (Å²) in [7, 11) is 1.57. The maximum Gasteiger partial charge on any atom is 0.323 e. The number of aromatic nitrogens is 4. The molecule has 3 aromatic carbocycles. The number of methoxy groups -OCH3 is 1. The number of urea groups is 1. The number of nitrogens with zero attached hydrogens (tertiary/aromatic N) is 4. The topological polar surface area (TPSA) is 107 Å². The highest BCUT2D eigenvalue weighted by Crippen LogP contribution is 2.22. The van der Waals surface area contributed by atoms with Gasteiger partial charge in [0.2, 0.25) is 5.82 Å². The van der Waals surface area contributed by atoms with Crippen LogP contribution in [0.3, 0.4) is 0 Å². The van der Waals surface area contributed by atoms with Crippen molar-refractivity contribution in [2.75, 3.05) is 17.7 Å². The molecular formula is C26H21FN6O3. The van der Waals surface area contributed by atoms with Gasteiger partial charge in [-0.15, -0.1) is 0 Å². The van der Waals surface area contributed by atoms with Crippen LogP contribution in [0.4, 0.5) is 20.6 Å². The average molecular weight is 484 g/mol. The molecule has 0 unspecified atom stereocenters. The van der Waals surface area contributed by atoms with Crippen LogP contribution in [-0.2, 0) is 6.54 Å². The van der Waals surface area contributed by atoms with Gasteiger partial charge >= 0.3 is 6.03 Å². The average Bonchev–Trinajstić information content (AvgIpc) is 3.55. The second kappa shape index (κ2) is 10.1. The van der Waals surface area contributed by atoms with Crippen LogP contribution >= 0.6 is 0 Å². The van der Waals surface area contributed by atoms with Gasteiger partial charge in [0.05, 0.1) is 13.4 Å². The van der Waals surface area contributed by atoms with Crippen molar-refractivity contribution in [1.29, 1.82) is 0 Å². The lowest BCUT2D eigenvalue weighted by atomic mass is 10.2. The number of anilines is 2. The van der Waals surface area contributed by atoms with Gasteiger partial charge in [0, 0.05) is 35.7 Å². The molecule has 10 heteroatoms. The molecule has 9 nitrogen and oxygen atoms in total. The van der Waals surface area contributed by atoms with E-state index in [1.165, 1.54) is 12.1 Å². The molecular weight excluding hydrogens is 463 g/mol. The van der Waals surface area contributed by atoms with Crippen molar-refractivity contribution < 1.29 is 18.4 Å². The number of carbonyl (C=O) groups excluding carboxylic acids is 1. The van der Waals surface area contributed by atoms with Crippen LogP contribution in [0.25, 0.3) is 23.0 Å². The Morgan fingerprint density at radius 3 is 2.64 bits per heavy atom. The largest absolute Gasteiger partial charge is 0.497 e. The molecule has 0 aliphatic rings. The second-order valence-electron chi connectivity index (χ2n) is 7.87. The molecule has 180 valence electrons. The summed E-state index contributed by atoms with van der Waals surface area (Å²) in [5.41, 5.74) is 3.32. The van der Waals surface area contributed by atoms with Crippen molar-refractivity contribution in [3.05, 3.63) is 96.7 Å². The molecule has 0 saturated carbocycles. The molecule has 0 spiro atoms. The van der Waals surface area contributed by atoms with E-state index in [0.29, 0.717) is 34.9 Å². The molecule has 2 amide bonds. The standard InChI is InChI=1S/C26H21FN6O3/c1-35-22-7-3-6-21(13-22)30-26(34)29-20-10-8-17(9-11-20)14-33-15-23(28-16-33)25-31-24(32-36-25)18-4-2-5-19(27)12-18/h2-13,15-16H,14H2,1H3,(H2,29,30,34). The van der Waals surface area contributed by atoms with Crippen LogP contribution < -0.4 is 15.4 Å². The highest BCUT2D eigenvalue weighted by Gasteiger charge is 2.14. The summed E-state index contributed by atoms with van der Waals surface area (Å²) in [4.78, 5) is 20.9. The fourth-order valence-corrected chi connectivity index (χ4v) is 3.53. The fraction of sp³-hybridized carbons (Fsp3) is 0.0769. The highest BCUT2D eigenvalue weighted by molar-refractivity contribution is 5.99. The zero-order valence-electron chi connectivity index (χ0n) is 19.2. The molecule has 0 bridgehead atoms. The predicted octanol–water partition coefficient (Wildman–Crippen LogP) is 5.44. The van der Waals surface area contributed by atoms with E-state index in [9.17, 15) is 9.18 Å². The number of carbonyl (C=O) groups is 1. The summed E-state index contributed by atoms with van der Waals surface area (Å²) in [6, 6.07) is 20.2. The van der Waals surface area contributed by atoms with E-state index in [1.54, 1.807) is 56.0 Å². The molecule has 36 heavy (non-hydrogen) atoms. The lowest BCUT2D eigenvalue weighted by molar-refractivity contribution is 0.262. The number of halogens is 1. The Morgan fingerprint density at radius 1 is 1.03 bits per heavy atom. The van der Waals surface area contributed by atoms with Gasteiger partial charge in [-0.05, 0) is 42.0 Å². The quantitative estimate of drug-likeness (QED) is 0.319. The van der Waals surface area contributed by atoms with E-state index in [2.05, 4.69) is 25.8 Å². The number of imidazole rings is 1. The first-order valence-corrected chi connectivity index (χ1v) is 11.0. The van der Waals surface area contributed by atoms with E-state index < -0.39 is 0 Å². The van der Waals surface area contributed by atoms with Crippen molar-refractivity contribution >= 4 is 17.4 Å². The minimum absolute atomic E-state index is 0.245. The third kappa shape index (κ3) is 5.39. The number of hydrogen-bond acceptors (Lipinski definition) is 6. The monoisotopic (exact) mass is 484 g/mol. The minimum Gasteiger partial charge on any atom is -0.497 e. The number of amides is 2. The van der Waals surface area contributed by atoms with Crippen LogP contribution in [0.2, 0.25) is 0 Å². The zero-order chi connectivity index (χ0) is 24.9. The first-order chi connectivity index (χ1) is 17.6. The Morgan fingerprint density at radius 2 is 1.83 bits per heavy atom. The first kappa shape index (κ1) is 22.8. The maximum atomic E-state index is 13.5. The van der Waals surface area contributed by atoms with E-state index in [-0.39, 0.29) is 23.6 Å². The highest BCUT2D eigenvalue weighted by atomic mass is 19.1. The van der Waals surface area contributed by atoms with Crippen molar-refractivity contribution in [1.82, 2.24) is 19.7 Å². The third-order valence-electron chi connectivity index (χ3n) is 5.27. The maximum absolute atomic E-state index is 13.5. The summed E-state index contributed by atoms with van der Waals surface area (Å²) in [6.45, 7) is 0.550. The summed E-state index contributed by atoms with van der Waals surface area (Å²) in [5.74, 6) is 0.819. The molecule has 0 fully saturated rings. The Kier molecular flexibility index (Phi) is 6.39.